The summed E-state index contributed by atoms with van der Waals surface area (Å²) in [7, 11) is 0. The Bertz CT molecular complexity index is 1130. The molecule has 0 spiro atoms. The Morgan fingerprint density at radius 3 is 2.89 bits per heavy atom. The summed E-state index contributed by atoms with van der Waals surface area (Å²) in [6.07, 6.45) is 2.32. The molecule has 0 fully saturated rings. The summed E-state index contributed by atoms with van der Waals surface area (Å²) in [6.45, 7) is 0.668. The van der Waals surface area contributed by atoms with Crippen molar-refractivity contribution in [3.63, 3.8) is 0 Å². The molecule has 0 atom stereocenters. The fourth-order valence-corrected chi connectivity index (χ4v) is 3.81. The molecule has 2 N–H and O–H groups in total. The Morgan fingerprint density at radius 1 is 1.22 bits per heavy atom. The smallest absolute Gasteiger partial charge is 0.216 e. The van der Waals surface area contributed by atoms with Crippen LogP contribution in [0.2, 0.25) is 5.02 Å². The monoisotopic (exact) mass is 414 g/mol. The summed E-state index contributed by atoms with van der Waals surface area (Å²) in [5.41, 5.74) is 1.82. The predicted molar refractivity (Wildman–Crippen MR) is 114 cm³/mol. The van der Waals surface area contributed by atoms with E-state index < -0.39 is 0 Å². The lowest BCUT2D eigenvalue weighted by Gasteiger charge is -2.03. The number of para-hydroxylation sites is 1. The molecule has 2 aromatic carbocycles. The van der Waals surface area contributed by atoms with Gasteiger partial charge in [-0.05, 0) is 30.4 Å². The van der Waals surface area contributed by atoms with Crippen molar-refractivity contribution in [3.05, 3.63) is 69.7 Å². The van der Waals surface area contributed by atoms with E-state index in [0.29, 0.717) is 22.8 Å². The molecule has 0 aliphatic heterocycles. The van der Waals surface area contributed by atoms with E-state index in [-0.39, 0.29) is 0 Å². The number of nitrogens with zero attached hydrogens (tertiary/aromatic N) is 4. The van der Waals surface area contributed by atoms with Gasteiger partial charge in [-0.25, -0.2) is 4.98 Å². The fourth-order valence-electron chi connectivity index (χ4n) is 2.53. The van der Waals surface area contributed by atoms with Crippen LogP contribution in [-0.4, -0.2) is 32.6 Å². The highest BCUT2D eigenvalue weighted by Crippen LogP contribution is 2.25. The lowest BCUT2D eigenvalue weighted by Crippen LogP contribution is -2.08. The zero-order chi connectivity index (χ0) is 18.6. The first-order valence-corrected chi connectivity index (χ1v) is 9.85. The van der Waals surface area contributed by atoms with Crippen molar-refractivity contribution in [2.45, 2.75) is 6.42 Å². The van der Waals surface area contributed by atoms with E-state index in [9.17, 15) is 0 Å². The average Bonchev–Trinajstić information content (AvgIpc) is 3.24. The van der Waals surface area contributed by atoms with Crippen molar-refractivity contribution in [1.29, 1.82) is 0 Å². The molecular formula is C18H15ClN6S2. The highest BCUT2D eigenvalue weighted by Gasteiger charge is 2.07. The number of hydrogen-bond acceptors (Lipinski definition) is 6. The van der Waals surface area contributed by atoms with Crippen LogP contribution in [0.3, 0.4) is 0 Å². The zero-order valence-electron chi connectivity index (χ0n) is 14.1. The van der Waals surface area contributed by atoms with Crippen LogP contribution >= 0.6 is 35.2 Å². The first-order valence-electron chi connectivity index (χ1n) is 8.25. The molecule has 4 rings (SSSR count). The lowest BCUT2D eigenvalue weighted by atomic mass is 10.2. The summed E-state index contributed by atoms with van der Waals surface area (Å²) in [4.78, 5) is 4.56. The number of thiazole rings is 1. The maximum atomic E-state index is 6.16. The van der Waals surface area contributed by atoms with Crippen LogP contribution in [0.1, 0.15) is 11.4 Å². The summed E-state index contributed by atoms with van der Waals surface area (Å²) in [6, 6.07) is 15.6. The van der Waals surface area contributed by atoms with Crippen molar-refractivity contribution in [1.82, 2.24) is 19.9 Å². The SMILES string of the molecule is S=c1[nH]nc(CCNc2nc3ccccc3s2)n1/N=C/c1ccccc1Cl. The Hall–Kier alpha value is -2.55. The molecule has 6 nitrogen and oxygen atoms in total. The third kappa shape index (κ3) is 4.08. The minimum atomic E-state index is 0.438. The van der Waals surface area contributed by atoms with Crippen molar-refractivity contribution in [3.8, 4) is 0 Å². The second-order valence-electron chi connectivity index (χ2n) is 5.69. The van der Waals surface area contributed by atoms with E-state index in [2.05, 4.69) is 31.7 Å². The summed E-state index contributed by atoms with van der Waals surface area (Å²) in [5, 5.41) is 16.3. The van der Waals surface area contributed by atoms with Gasteiger partial charge in [0.15, 0.2) is 11.0 Å². The lowest BCUT2D eigenvalue weighted by molar-refractivity contribution is 0.765. The number of rotatable bonds is 6. The van der Waals surface area contributed by atoms with E-state index in [1.165, 1.54) is 0 Å². The second-order valence-corrected chi connectivity index (χ2v) is 7.51. The molecule has 2 heterocycles. The van der Waals surface area contributed by atoms with Gasteiger partial charge in [0.1, 0.15) is 0 Å². The first-order chi connectivity index (χ1) is 13.2. The molecule has 2 aromatic heterocycles. The van der Waals surface area contributed by atoms with Crippen molar-refractivity contribution >= 4 is 56.7 Å². The van der Waals surface area contributed by atoms with Crippen molar-refractivity contribution < 1.29 is 0 Å². The van der Waals surface area contributed by atoms with Crippen LogP contribution < -0.4 is 5.32 Å². The quantitative estimate of drug-likeness (QED) is 0.353. The van der Waals surface area contributed by atoms with E-state index >= 15 is 0 Å². The van der Waals surface area contributed by atoms with Gasteiger partial charge in [-0.2, -0.15) is 14.9 Å². The molecule has 0 bridgehead atoms. The van der Waals surface area contributed by atoms with Crippen LogP contribution in [0, 0.1) is 4.77 Å². The minimum Gasteiger partial charge on any atom is -0.361 e. The number of H-pyrrole nitrogens is 1. The number of fused-ring (bicyclic) bond motifs is 1. The topological polar surface area (TPSA) is 70.9 Å². The van der Waals surface area contributed by atoms with Gasteiger partial charge in [-0.3, -0.25) is 5.10 Å². The van der Waals surface area contributed by atoms with Gasteiger partial charge in [-0.1, -0.05) is 53.3 Å². The zero-order valence-corrected chi connectivity index (χ0v) is 16.5. The van der Waals surface area contributed by atoms with E-state index in [4.69, 9.17) is 23.8 Å². The molecule has 0 amide bonds. The van der Waals surface area contributed by atoms with Gasteiger partial charge in [0.25, 0.3) is 0 Å². The largest absolute Gasteiger partial charge is 0.361 e. The highest BCUT2D eigenvalue weighted by molar-refractivity contribution is 7.71. The second kappa shape index (κ2) is 7.99. The first kappa shape index (κ1) is 17.8. The van der Waals surface area contributed by atoms with E-state index in [1.807, 2.05) is 42.5 Å². The standard InChI is InChI=1S/C18H15ClN6S2/c19-13-6-2-1-5-12(13)11-21-25-16(23-24-18(25)26)9-10-20-17-22-14-7-3-4-8-15(14)27-17/h1-8,11H,9-10H2,(H,20,22)(H,24,26)/b21-11+. The minimum absolute atomic E-state index is 0.438. The number of hydrogen-bond donors (Lipinski definition) is 2. The number of aromatic nitrogens is 4. The van der Waals surface area contributed by atoms with Crippen LogP contribution in [0.5, 0.6) is 0 Å². The molecule has 0 aliphatic rings. The van der Waals surface area contributed by atoms with Crippen LogP contribution in [0.4, 0.5) is 5.13 Å². The molecule has 0 aliphatic carbocycles. The summed E-state index contributed by atoms with van der Waals surface area (Å²) in [5.74, 6) is 0.733. The number of benzene rings is 2. The molecule has 0 saturated heterocycles. The number of aromatic amines is 1. The van der Waals surface area contributed by atoms with Crippen molar-refractivity contribution in [2.24, 2.45) is 5.10 Å². The van der Waals surface area contributed by atoms with E-state index in [0.717, 1.165) is 26.7 Å². The average molecular weight is 415 g/mol. The van der Waals surface area contributed by atoms with Gasteiger partial charge in [0.2, 0.25) is 4.77 Å². The number of nitrogens with one attached hydrogen (secondary N) is 2. The maximum Gasteiger partial charge on any atom is 0.216 e. The normalized spacial score (nSPS) is 11.4. The highest BCUT2D eigenvalue weighted by atomic mass is 35.5. The molecule has 0 saturated carbocycles. The summed E-state index contributed by atoms with van der Waals surface area (Å²) >= 11 is 13.1. The Kier molecular flexibility index (Phi) is 5.28. The van der Waals surface area contributed by atoms with Crippen molar-refractivity contribution in [2.75, 3.05) is 11.9 Å². The third-order valence-electron chi connectivity index (χ3n) is 3.85. The molecule has 136 valence electrons. The van der Waals surface area contributed by atoms with Crippen LogP contribution in [0.15, 0.2) is 53.6 Å². The predicted octanol–water partition coefficient (Wildman–Crippen LogP) is 4.74. The maximum absolute atomic E-state index is 6.16. The fraction of sp³-hybridized carbons (Fsp3) is 0.111. The van der Waals surface area contributed by atoms with Gasteiger partial charge < -0.3 is 5.32 Å². The third-order valence-corrected chi connectivity index (χ3v) is 5.46. The summed E-state index contributed by atoms with van der Waals surface area (Å²) < 4.78 is 3.21. The Balaban J connectivity index is 1.45. The molecule has 0 unspecified atom stereocenters. The molecule has 4 aromatic rings. The molecule has 0 radical (unpaired) electrons. The molecule has 27 heavy (non-hydrogen) atoms. The Labute approximate surface area is 169 Å². The Morgan fingerprint density at radius 2 is 2.04 bits per heavy atom. The van der Waals surface area contributed by atoms with Crippen LogP contribution in [-0.2, 0) is 6.42 Å². The molecular weight excluding hydrogens is 400 g/mol. The molecule has 9 heteroatoms. The number of halogens is 1. The van der Waals surface area contributed by atoms with Gasteiger partial charge in [-0.15, -0.1) is 0 Å². The van der Waals surface area contributed by atoms with Crippen LogP contribution in [0.25, 0.3) is 10.2 Å². The van der Waals surface area contributed by atoms with Gasteiger partial charge in [0.05, 0.1) is 16.4 Å². The van der Waals surface area contributed by atoms with Gasteiger partial charge >= 0.3 is 0 Å². The van der Waals surface area contributed by atoms with E-state index in [1.54, 1.807) is 22.2 Å². The number of anilines is 1. The van der Waals surface area contributed by atoms with Gasteiger partial charge in [0, 0.05) is 23.6 Å².